The van der Waals surface area contributed by atoms with E-state index in [-0.39, 0.29) is 24.3 Å². The maximum atomic E-state index is 12.6. The molecule has 0 bridgehead atoms. The molecule has 2 unspecified atom stereocenters. The number of hydrogen-bond acceptors (Lipinski definition) is 3. The number of ether oxygens (including phenoxy) is 1. The predicted molar refractivity (Wildman–Crippen MR) is 101 cm³/mol. The molecule has 1 aliphatic heterocycles. The first-order valence-electron chi connectivity index (χ1n) is 9.03. The number of methoxy groups -OCH3 is 1. The standard InChI is InChI=1S/C20H24F3N3O2/c1-4-24-19(26-12-14(2)17(13-26)18(27)28-3)25-11-5-6-15-7-9-16(10-8-15)20(21,22)23/h7-10,14,17H,4,11-13H2,1-3H3,(H,24,25). The summed E-state index contributed by atoms with van der Waals surface area (Å²) in [5, 5.41) is 3.18. The van der Waals surface area contributed by atoms with Crippen LogP contribution in [0.2, 0.25) is 0 Å². The molecule has 8 heteroatoms. The maximum absolute atomic E-state index is 12.6. The van der Waals surface area contributed by atoms with Crippen LogP contribution in [0.4, 0.5) is 13.2 Å². The molecule has 1 heterocycles. The number of benzene rings is 1. The normalized spacial score (nSPS) is 19.8. The third-order valence-electron chi connectivity index (χ3n) is 4.50. The Kier molecular flexibility index (Phi) is 7.32. The Morgan fingerprint density at radius 1 is 1.32 bits per heavy atom. The summed E-state index contributed by atoms with van der Waals surface area (Å²) >= 11 is 0. The van der Waals surface area contributed by atoms with Crippen LogP contribution in [0.15, 0.2) is 29.3 Å². The molecule has 0 aromatic heterocycles. The number of esters is 1. The first kappa shape index (κ1) is 21.6. The first-order chi connectivity index (χ1) is 13.3. The molecule has 2 atom stereocenters. The number of rotatable bonds is 3. The Morgan fingerprint density at radius 3 is 2.57 bits per heavy atom. The van der Waals surface area contributed by atoms with E-state index >= 15 is 0 Å². The molecule has 152 valence electrons. The van der Waals surface area contributed by atoms with Gasteiger partial charge in [0.05, 0.1) is 18.6 Å². The molecule has 0 saturated carbocycles. The van der Waals surface area contributed by atoms with Gasteiger partial charge in [-0.15, -0.1) is 0 Å². The molecule has 2 rings (SSSR count). The zero-order chi connectivity index (χ0) is 20.7. The predicted octanol–water partition coefficient (Wildman–Crippen LogP) is 2.76. The number of halogens is 3. The lowest BCUT2D eigenvalue weighted by Crippen LogP contribution is -2.40. The zero-order valence-electron chi connectivity index (χ0n) is 16.1. The fourth-order valence-electron chi connectivity index (χ4n) is 3.02. The minimum Gasteiger partial charge on any atom is -0.469 e. The Balaban J connectivity index is 2.02. The largest absolute Gasteiger partial charge is 0.469 e. The highest BCUT2D eigenvalue weighted by atomic mass is 19.4. The molecule has 28 heavy (non-hydrogen) atoms. The van der Waals surface area contributed by atoms with E-state index < -0.39 is 11.7 Å². The molecule has 1 N–H and O–H groups in total. The van der Waals surface area contributed by atoms with Crippen molar-refractivity contribution in [3.8, 4) is 11.8 Å². The van der Waals surface area contributed by atoms with Crippen molar-refractivity contribution in [2.24, 2.45) is 16.8 Å². The number of alkyl halides is 3. The van der Waals surface area contributed by atoms with Gasteiger partial charge in [0.15, 0.2) is 5.96 Å². The molecule has 1 aromatic carbocycles. The highest BCUT2D eigenvalue weighted by Crippen LogP contribution is 2.29. The van der Waals surface area contributed by atoms with Crippen molar-refractivity contribution in [2.45, 2.75) is 20.0 Å². The van der Waals surface area contributed by atoms with E-state index in [2.05, 4.69) is 22.2 Å². The fourth-order valence-corrected chi connectivity index (χ4v) is 3.02. The molecule has 5 nitrogen and oxygen atoms in total. The van der Waals surface area contributed by atoms with Crippen LogP contribution in [0, 0.1) is 23.7 Å². The van der Waals surface area contributed by atoms with Gasteiger partial charge >= 0.3 is 12.1 Å². The molecule has 1 fully saturated rings. The summed E-state index contributed by atoms with van der Waals surface area (Å²) in [6, 6.07) is 4.70. The van der Waals surface area contributed by atoms with Gasteiger partial charge in [0.25, 0.3) is 0 Å². The van der Waals surface area contributed by atoms with Crippen LogP contribution in [0.5, 0.6) is 0 Å². The van der Waals surface area contributed by atoms with Crippen molar-refractivity contribution in [2.75, 3.05) is 33.3 Å². The van der Waals surface area contributed by atoms with E-state index in [0.29, 0.717) is 31.2 Å². The summed E-state index contributed by atoms with van der Waals surface area (Å²) < 4.78 is 42.6. The van der Waals surface area contributed by atoms with Gasteiger partial charge < -0.3 is 15.0 Å². The quantitative estimate of drug-likeness (QED) is 0.370. The third-order valence-corrected chi connectivity index (χ3v) is 4.50. The van der Waals surface area contributed by atoms with Crippen LogP contribution in [-0.4, -0.2) is 50.1 Å². The number of carbonyl (C=O) groups is 1. The van der Waals surface area contributed by atoms with Crippen LogP contribution in [0.3, 0.4) is 0 Å². The van der Waals surface area contributed by atoms with Gasteiger partial charge in [0, 0.05) is 25.2 Å². The highest BCUT2D eigenvalue weighted by molar-refractivity contribution is 5.82. The summed E-state index contributed by atoms with van der Waals surface area (Å²) in [4.78, 5) is 18.3. The second kappa shape index (κ2) is 9.49. The number of aliphatic imine (C=N–C) groups is 1. The van der Waals surface area contributed by atoms with Crippen LogP contribution in [0.1, 0.15) is 25.0 Å². The number of nitrogens with one attached hydrogen (secondary N) is 1. The van der Waals surface area contributed by atoms with Crippen LogP contribution >= 0.6 is 0 Å². The summed E-state index contributed by atoms with van der Waals surface area (Å²) in [6.45, 7) is 6.00. The summed E-state index contributed by atoms with van der Waals surface area (Å²) in [5.74, 6) is 6.04. The van der Waals surface area contributed by atoms with Crippen LogP contribution in [-0.2, 0) is 15.7 Å². The second-order valence-electron chi connectivity index (χ2n) is 6.56. The Labute approximate surface area is 163 Å². The van der Waals surface area contributed by atoms with Gasteiger partial charge in [0.1, 0.15) is 6.54 Å². The Hall–Kier alpha value is -2.69. The van der Waals surface area contributed by atoms with E-state index in [9.17, 15) is 18.0 Å². The van der Waals surface area contributed by atoms with Gasteiger partial charge in [-0.25, -0.2) is 4.99 Å². The van der Waals surface area contributed by atoms with E-state index in [0.717, 1.165) is 12.1 Å². The van der Waals surface area contributed by atoms with E-state index in [1.807, 2.05) is 18.7 Å². The molecule has 0 spiro atoms. The minimum atomic E-state index is -4.36. The van der Waals surface area contributed by atoms with Gasteiger partial charge in [-0.2, -0.15) is 13.2 Å². The molecule has 0 radical (unpaired) electrons. The van der Waals surface area contributed by atoms with Crippen molar-refractivity contribution in [3.63, 3.8) is 0 Å². The third kappa shape index (κ3) is 5.65. The van der Waals surface area contributed by atoms with Gasteiger partial charge in [0.2, 0.25) is 0 Å². The number of nitrogens with zero attached hydrogens (tertiary/aromatic N) is 2. The van der Waals surface area contributed by atoms with Crippen molar-refractivity contribution >= 4 is 11.9 Å². The van der Waals surface area contributed by atoms with Gasteiger partial charge in [-0.05, 0) is 37.1 Å². The maximum Gasteiger partial charge on any atom is 0.416 e. The van der Waals surface area contributed by atoms with E-state index in [1.54, 1.807) is 0 Å². The number of carbonyl (C=O) groups excluding carboxylic acids is 1. The monoisotopic (exact) mass is 395 g/mol. The molecule has 1 aromatic rings. The summed E-state index contributed by atoms with van der Waals surface area (Å²) in [6.07, 6.45) is -4.36. The summed E-state index contributed by atoms with van der Waals surface area (Å²) in [5.41, 5.74) is -0.206. The number of likely N-dealkylation sites (tertiary alicyclic amines) is 1. The summed E-state index contributed by atoms with van der Waals surface area (Å²) in [7, 11) is 1.38. The molecule has 1 aliphatic rings. The Morgan fingerprint density at radius 2 is 2.00 bits per heavy atom. The SMILES string of the molecule is CCNC(=NCC#Cc1ccc(C(F)(F)F)cc1)N1CC(C)C(C(=O)OC)C1. The van der Waals surface area contributed by atoms with E-state index in [4.69, 9.17) is 4.74 Å². The molecule has 1 saturated heterocycles. The number of hydrogen-bond donors (Lipinski definition) is 1. The molecule has 0 aliphatic carbocycles. The van der Waals surface area contributed by atoms with Gasteiger partial charge in [-0.1, -0.05) is 18.8 Å². The number of guanidine groups is 1. The van der Waals surface area contributed by atoms with Crippen molar-refractivity contribution in [1.82, 2.24) is 10.2 Å². The molecule has 0 amide bonds. The second-order valence-corrected chi connectivity index (χ2v) is 6.56. The highest BCUT2D eigenvalue weighted by Gasteiger charge is 2.36. The lowest BCUT2D eigenvalue weighted by Gasteiger charge is -2.21. The molecular formula is C20H24F3N3O2. The van der Waals surface area contributed by atoms with Crippen molar-refractivity contribution in [1.29, 1.82) is 0 Å². The van der Waals surface area contributed by atoms with E-state index in [1.165, 1.54) is 19.2 Å². The van der Waals surface area contributed by atoms with Crippen LogP contribution in [0.25, 0.3) is 0 Å². The minimum absolute atomic E-state index is 0.148. The smallest absolute Gasteiger partial charge is 0.416 e. The lowest BCUT2D eigenvalue weighted by molar-refractivity contribution is -0.146. The first-order valence-corrected chi connectivity index (χ1v) is 9.03. The van der Waals surface area contributed by atoms with Crippen molar-refractivity contribution in [3.05, 3.63) is 35.4 Å². The fraction of sp³-hybridized carbons (Fsp3) is 0.500. The lowest BCUT2D eigenvalue weighted by atomic mass is 9.99. The average Bonchev–Trinajstić information content (AvgIpc) is 3.05. The zero-order valence-corrected chi connectivity index (χ0v) is 16.1. The topological polar surface area (TPSA) is 53.9 Å². The Bertz CT molecular complexity index is 764. The van der Waals surface area contributed by atoms with Gasteiger partial charge in [-0.3, -0.25) is 4.79 Å². The van der Waals surface area contributed by atoms with Crippen LogP contribution < -0.4 is 5.32 Å². The van der Waals surface area contributed by atoms with Crippen molar-refractivity contribution < 1.29 is 22.7 Å². The average molecular weight is 395 g/mol. The molecular weight excluding hydrogens is 371 g/mol.